The number of piperidine rings is 1. The summed E-state index contributed by atoms with van der Waals surface area (Å²) in [6.07, 6.45) is 1.59. The molecular formula is C13H18ClNO. The van der Waals surface area contributed by atoms with Gasteiger partial charge in [0.25, 0.3) is 0 Å². The molecule has 0 aromatic heterocycles. The average molecular weight is 240 g/mol. The van der Waals surface area contributed by atoms with E-state index in [0.717, 1.165) is 42.1 Å². The first-order valence-corrected chi connectivity index (χ1v) is 6.07. The minimum atomic E-state index is -0.665. The van der Waals surface area contributed by atoms with Crippen molar-refractivity contribution >= 4 is 11.6 Å². The van der Waals surface area contributed by atoms with Crippen LogP contribution in [-0.4, -0.2) is 30.1 Å². The standard InChI is InChI=1S/C13H18ClNO/c1-10-9-11(3-4-12(10)14)13(16)5-7-15(2)8-6-13/h3-4,9,16H,5-8H2,1-2H3. The van der Waals surface area contributed by atoms with Gasteiger partial charge in [-0.25, -0.2) is 0 Å². The van der Waals surface area contributed by atoms with Gasteiger partial charge in [0, 0.05) is 18.1 Å². The molecule has 2 rings (SSSR count). The quantitative estimate of drug-likeness (QED) is 0.814. The Balaban J connectivity index is 2.25. The monoisotopic (exact) mass is 239 g/mol. The second-order valence-electron chi connectivity index (χ2n) is 4.80. The number of hydrogen-bond acceptors (Lipinski definition) is 2. The van der Waals surface area contributed by atoms with Crippen molar-refractivity contribution < 1.29 is 5.11 Å². The highest BCUT2D eigenvalue weighted by atomic mass is 35.5. The van der Waals surface area contributed by atoms with Gasteiger partial charge in [-0.1, -0.05) is 23.7 Å². The number of aryl methyl sites for hydroxylation is 1. The lowest BCUT2D eigenvalue weighted by molar-refractivity contribution is -0.0203. The number of rotatable bonds is 1. The Morgan fingerprint density at radius 3 is 2.50 bits per heavy atom. The minimum Gasteiger partial charge on any atom is -0.385 e. The van der Waals surface area contributed by atoms with Gasteiger partial charge in [0.05, 0.1) is 5.60 Å². The maximum absolute atomic E-state index is 10.6. The largest absolute Gasteiger partial charge is 0.385 e. The summed E-state index contributed by atoms with van der Waals surface area (Å²) in [5, 5.41) is 11.4. The Bertz CT molecular complexity index is 384. The lowest BCUT2D eigenvalue weighted by Crippen LogP contribution is -2.40. The van der Waals surface area contributed by atoms with Gasteiger partial charge in [-0.15, -0.1) is 0 Å². The highest BCUT2D eigenvalue weighted by Gasteiger charge is 2.32. The summed E-state index contributed by atoms with van der Waals surface area (Å²) in [6, 6.07) is 5.83. The Kier molecular flexibility index (Phi) is 3.24. The van der Waals surface area contributed by atoms with Gasteiger partial charge in [0.15, 0.2) is 0 Å². The van der Waals surface area contributed by atoms with Crippen molar-refractivity contribution in [1.29, 1.82) is 0 Å². The van der Waals surface area contributed by atoms with E-state index in [1.165, 1.54) is 0 Å². The molecule has 1 aromatic rings. The lowest BCUT2D eigenvalue weighted by Gasteiger charge is -2.37. The van der Waals surface area contributed by atoms with Gasteiger partial charge in [0.1, 0.15) is 0 Å². The molecule has 0 unspecified atom stereocenters. The fourth-order valence-corrected chi connectivity index (χ4v) is 2.33. The van der Waals surface area contributed by atoms with Gasteiger partial charge < -0.3 is 10.0 Å². The van der Waals surface area contributed by atoms with Crippen LogP contribution in [-0.2, 0) is 5.60 Å². The average Bonchev–Trinajstić information content (AvgIpc) is 2.26. The molecule has 0 aliphatic carbocycles. The Morgan fingerprint density at radius 1 is 1.31 bits per heavy atom. The van der Waals surface area contributed by atoms with Crippen LogP contribution in [0.1, 0.15) is 24.0 Å². The number of likely N-dealkylation sites (tertiary alicyclic amines) is 1. The number of benzene rings is 1. The summed E-state index contributed by atoms with van der Waals surface area (Å²) in [4.78, 5) is 2.25. The van der Waals surface area contributed by atoms with Crippen LogP contribution in [0.15, 0.2) is 18.2 Å². The van der Waals surface area contributed by atoms with Crippen molar-refractivity contribution in [2.45, 2.75) is 25.4 Å². The van der Waals surface area contributed by atoms with Gasteiger partial charge in [0.2, 0.25) is 0 Å². The number of hydrogen-bond donors (Lipinski definition) is 1. The van der Waals surface area contributed by atoms with E-state index in [1.54, 1.807) is 0 Å². The fourth-order valence-electron chi connectivity index (χ4n) is 2.21. The van der Waals surface area contributed by atoms with Gasteiger partial charge in [-0.05, 0) is 44.0 Å². The van der Waals surface area contributed by atoms with Crippen LogP contribution in [0.4, 0.5) is 0 Å². The van der Waals surface area contributed by atoms with E-state index < -0.39 is 5.60 Å². The van der Waals surface area contributed by atoms with Crippen molar-refractivity contribution in [2.75, 3.05) is 20.1 Å². The summed E-state index contributed by atoms with van der Waals surface area (Å²) in [5.74, 6) is 0. The molecule has 0 atom stereocenters. The third-order valence-corrected chi connectivity index (χ3v) is 3.93. The molecule has 1 aliphatic heterocycles. The smallest absolute Gasteiger partial charge is 0.0921 e. The first kappa shape index (κ1) is 11.9. The van der Waals surface area contributed by atoms with Gasteiger partial charge >= 0.3 is 0 Å². The highest BCUT2D eigenvalue weighted by molar-refractivity contribution is 6.31. The SMILES string of the molecule is Cc1cc(C2(O)CCN(C)CC2)ccc1Cl. The lowest BCUT2D eigenvalue weighted by atomic mass is 9.84. The Labute approximate surface area is 102 Å². The van der Waals surface area contributed by atoms with E-state index in [4.69, 9.17) is 11.6 Å². The maximum atomic E-state index is 10.6. The van der Waals surface area contributed by atoms with Crippen LogP contribution in [0.25, 0.3) is 0 Å². The first-order chi connectivity index (χ1) is 7.51. The van der Waals surface area contributed by atoms with E-state index in [2.05, 4.69) is 11.9 Å². The molecule has 1 aromatic carbocycles. The van der Waals surface area contributed by atoms with Crippen molar-refractivity contribution in [3.05, 3.63) is 34.3 Å². The first-order valence-electron chi connectivity index (χ1n) is 5.69. The van der Waals surface area contributed by atoms with Crippen molar-refractivity contribution in [1.82, 2.24) is 4.90 Å². The molecule has 0 radical (unpaired) electrons. The van der Waals surface area contributed by atoms with Crippen molar-refractivity contribution in [3.63, 3.8) is 0 Å². The van der Waals surface area contributed by atoms with E-state index in [0.29, 0.717) is 0 Å². The number of aliphatic hydroxyl groups is 1. The third-order valence-electron chi connectivity index (χ3n) is 3.51. The molecule has 0 saturated carbocycles. The van der Waals surface area contributed by atoms with E-state index >= 15 is 0 Å². The summed E-state index contributed by atoms with van der Waals surface area (Å²) >= 11 is 6.00. The van der Waals surface area contributed by atoms with Gasteiger partial charge in [-0.3, -0.25) is 0 Å². The predicted molar refractivity (Wildman–Crippen MR) is 66.8 cm³/mol. The van der Waals surface area contributed by atoms with Crippen LogP contribution in [0.2, 0.25) is 5.02 Å². The summed E-state index contributed by atoms with van der Waals surface area (Å²) in [7, 11) is 2.09. The van der Waals surface area contributed by atoms with E-state index in [9.17, 15) is 5.11 Å². The van der Waals surface area contributed by atoms with Crippen LogP contribution < -0.4 is 0 Å². The summed E-state index contributed by atoms with van der Waals surface area (Å²) in [5.41, 5.74) is 1.37. The molecule has 1 aliphatic rings. The van der Waals surface area contributed by atoms with E-state index in [-0.39, 0.29) is 0 Å². The molecule has 1 fully saturated rings. The number of halogens is 1. The highest BCUT2D eigenvalue weighted by Crippen LogP contribution is 2.33. The molecule has 1 heterocycles. The normalized spacial score (nSPS) is 21.0. The second-order valence-corrected chi connectivity index (χ2v) is 5.21. The molecule has 16 heavy (non-hydrogen) atoms. The zero-order chi connectivity index (χ0) is 11.8. The fraction of sp³-hybridized carbons (Fsp3) is 0.538. The molecule has 1 N–H and O–H groups in total. The molecule has 3 heteroatoms. The molecule has 0 spiro atoms. The topological polar surface area (TPSA) is 23.5 Å². The maximum Gasteiger partial charge on any atom is 0.0921 e. The van der Waals surface area contributed by atoms with Crippen LogP contribution >= 0.6 is 11.6 Å². The zero-order valence-corrected chi connectivity index (χ0v) is 10.6. The van der Waals surface area contributed by atoms with E-state index in [1.807, 2.05) is 25.1 Å². The number of nitrogens with zero attached hydrogens (tertiary/aromatic N) is 1. The Hall–Kier alpha value is -0.570. The molecule has 2 nitrogen and oxygen atoms in total. The van der Waals surface area contributed by atoms with Crippen LogP contribution in [0, 0.1) is 6.92 Å². The van der Waals surface area contributed by atoms with Crippen LogP contribution in [0.5, 0.6) is 0 Å². The molecule has 1 saturated heterocycles. The molecule has 88 valence electrons. The zero-order valence-electron chi connectivity index (χ0n) is 9.83. The molecule has 0 amide bonds. The molecule has 0 bridgehead atoms. The van der Waals surface area contributed by atoms with Gasteiger partial charge in [-0.2, -0.15) is 0 Å². The summed E-state index contributed by atoms with van der Waals surface area (Å²) in [6.45, 7) is 3.86. The Morgan fingerprint density at radius 2 is 1.94 bits per heavy atom. The van der Waals surface area contributed by atoms with Crippen LogP contribution in [0.3, 0.4) is 0 Å². The van der Waals surface area contributed by atoms with Crippen molar-refractivity contribution in [3.8, 4) is 0 Å². The van der Waals surface area contributed by atoms with Crippen molar-refractivity contribution in [2.24, 2.45) is 0 Å². The second kappa shape index (κ2) is 4.36. The third kappa shape index (κ3) is 2.24. The summed E-state index contributed by atoms with van der Waals surface area (Å²) < 4.78 is 0. The predicted octanol–water partition coefficient (Wildman–Crippen LogP) is 2.56. The molecular weight excluding hydrogens is 222 g/mol. The minimum absolute atomic E-state index is 0.665.